The minimum Gasteiger partial charge on any atom is -0.507 e. The SMILES string of the molecule is Cc1ccc2c(N3CCC(=NC(=O)c4cccc(OC(F)(F)F)c4)C3)nc(-c3ccccc3O)nc2c1. The Morgan fingerprint density at radius 2 is 1.86 bits per heavy atom. The lowest BCUT2D eigenvalue weighted by Gasteiger charge is -2.19. The first-order valence-electron chi connectivity index (χ1n) is 11.4. The molecule has 4 aromatic rings. The predicted octanol–water partition coefficient (Wildman–Crippen LogP) is 5.70. The summed E-state index contributed by atoms with van der Waals surface area (Å²) in [4.78, 5) is 28.2. The Labute approximate surface area is 209 Å². The standard InChI is InChI=1S/C27H21F3N4O3/c1-16-9-10-20-22(13-16)32-24(21-7-2-3-8-23(21)35)33-25(20)34-12-11-18(15-34)31-26(36)17-5-4-6-19(14-17)37-27(28,29)30/h2-10,13-14,35H,11-12,15H2,1H3. The molecule has 0 atom stereocenters. The number of nitrogens with zero attached hydrogens (tertiary/aromatic N) is 4. The van der Waals surface area contributed by atoms with Gasteiger partial charge in [0, 0.05) is 29.6 Å². The van der Waals surface area contributed by atoms with Crippen LogP contribution in [0.3, 0.4) is 0 Å². The molecular formula is C27H21F3N4O3. The van der Waals surface area contributed by atoms with Crippen LogP contribution in [0.4, 0.5) is 19.0 Å². The van der Waals surface area contributed by atoms with Gasteiger partial charge in [0.25, 0.3) is 5.91 Å². The highest BCUT2D eigenvalue weighted by Gasteiger charge is 2.31. The van der Waals surface area contributed by atoms with E-state index < -0.39 is 18.0 Å². The Kier molecular flexibility index (Phi) is 6.24. The number of hydrogen-bond acceptors (Lipinski definition) is 6. The van der Waals surface area contributed by atoms with Crippen molar-refractivity contribution in [3.8, 4) is 22.9 Å². The number of phenols is 1. The molecule has 3 aromatic carbocycles. The van der Waals surface area contributed by atoms with Crippen LogP contribution in [0.1, 0.15) is 22.3 Å². The number of benzene rings is 3. The van der Waals surface area contributed by atoms with Gasteiger partial charge in [-0.2, -0.15) is 0 Å². The van der Waals surface area contributed by atoms with E-state index in [1.165, 1.54) is 12.1 Å². The van der Waals surface area contributed by atoms with E-state index in [-0.39, 0.29) is 11.3 Å². The second-order valence-corrected chi connectivity index (χ2v) is 8.64. The topological polar surface area (TPSA) is 87.9 Å². The third kappa shape index (κ3) is 5.37. The smallest absolute Gasteiger partial charge is 0.507 e. The minimum absolute atomic E-state index is 0.00231. The number of amides is 1. The number of aryl methyl sites for hydroxylation is 1. The number of hydrogen-bond donors (Lipinski definition) is 1. The molecule has 0 bridgehead atoms. The zero-order valence-corrected chi connectivity index (χ0v) is 19.7. The summed E-state index contributed by atoms with van der Waals surface area (Å²) in [5.41, 5.74) is 2.81. The number of ether oxygens (including phenoxy) is 1. The Morgan fingerprint density at radius 1 is 1.05 bits per heavy atom. The van der Waals surface area contributed by atoms with E-state index in [1.807, 2.05) is 30.0 Å². The van der Waals surface area contributed by atoms with Gasteiger partial charge in [-0.1, -0.05) is 24.3 Å². The van der Waals surface area contributed by atoms with Gasteiger partial charge in [-0.25, -0.2) is 15.0 Å². The van der Waals surface area contributed by atoms with Crippen molar-refractivity contribution < 1.29 is 27.8 Å². The minimum atomic E-state index is -4.85. The van der Waals surface area contributed by atoms with E-state index in [1.54, 1.807) is 24.3 Å². The van der Waals surface area contributed by atoms with Gasteiger partial charge in [0.2, 0.25) is 0 Å². The normalized spacial score (nSPS) is 14.9. The number of aromatic nitrogens is 2. The molecule has 0 saturated carbocycles. The van der Waals surface area contributed by atoms with Crippen molar-refractivity contribution in [3.05, 3.63) is 77.9 Å². The quantitative estimate of drug-likeness (QED) is 0.382. The molecule has 0 aliphatic carbocycles. The van der Waals surface area contributed by atoms with Crippen LogP contribution in [0.2, 0.25) is 0 Å². The summed E-state index contributed by atoms with van der Waals surface area (Å²) < 4.78 is 41.5. The van der Waals surface area contributed by atoms with Crippen molar-refractivity contribution in [2.45, 2.75) is 19.7 Å². The molecule has 10 heteroatoms. The molecule has 0 radical (unpaired) electrons. The summed E-state index contributed by atoms with van der Waals surface area (Å²) in [7, 11) is 0. The van der Waals surface area contributed by atoms with Crippen molar-refractivity contribution in [2.24, 2.45) is 4.99 Å². The largest absolute Gasteiger partial charge is 0.573 e. The van der Waals surface area contributed by atoms with Crippen molar-refractivity contribution in [3.63, 3.8) is 0 Å². The van der Waals surface area contributed by atoms with Crippen LogP contribution >= 0.6 is 0 Å². The zero-order chi connectivity index (χ0) is 26.2. The highest BCUT2D eigenvalue weighted by Crippen LogP contribution is 2.33. The number of aliphatic imine (C=N–C) groups is 1. The van der Waals surface area contributed by atoms with Crippen LogP contribution in [0.15, 0.2) is 71.7 Å². The van der Waals surface area contributed by atoms with Gasteiger partial charge in [-0.3, -0.25) is 4.79 Å². The van der Waals surface area contributed by atoms with Crippen LogP contribution in [0.25, 0.3) is 22.3 Å². The Hall–Kier alpha value is -4.47. The number of phenolic OH excluding ortho intramolecular Hbond substituents is 1. The maximum atomic E-state index is 12.7. The molecule has 0 unspecified atom stereocenters. The summed E-state index contributed by atoms with van der Waals surface area (Å²) >= 11 is 0. The molecule has 188 valence electrons. The Balaban J connectivity index is 1.45. The van der Waals surface area contributed by atoms with E-state index in [0.29, 0.717) is 47.9 Å². The third-order valence-corrected chi connectivity index (χ3v) is 5.89. The summed E-state index contributed by atoms with van der Waals surface area (Å²) in [5.74, 6) is -0.0596. The number of carbonyl (C=O) groups is 1. The fourth-order valence-corrected chi connectivity index (χ4v) is 4.20. The van der Waals surface area contributed by atoms with Gasteiger partial charge < -0.3 is 14.7 Å². The fourth-order valence-electron chi connectivity index (χ4n) is 4.20. The Morgan fingerprint density at radius 3 is 2.65 bits per heavy atom. The first kappa shape index (κ1) is 24.2. The molecule has 2 heterocycles. The molecule has 1 amide bonds. The van der Waals surface area contributed by atoms with E-state index >= 15 is 0 Å². The van der Waals surface area contributed by atoms with Gasteiger partial charge in [0.1, 0.15) is 17.3 Å². The van der Waals surface area contributed by atoms with Gasteiger partial charge in [-0.15, -0.1) is 13.2 Å². The molecule has 37 heavy (non-hydrogen) atoms. The highest BCUT2D eigenvalue weighted by molar-refractivity contribution is 6.07. The monoisotopic (exact) mass is 506 g/mol. The van der Waals surface area contributed by atoms with Crippen LogP contribution in [-0.4, -0.2) is 46.1 Å². The van der Waals surface area contributed by atoms with Crippen molar-refractivity contribution >= 4 is 28.3 Å². The molecule has 1 saturated heterocycles. The summed E-state index contributed by atoms with van der Waals surface area (Å²) in [6, 6.07) is 17.5. The second kappa shape index (κ2) is 9.53. The molecule has 1 aliphatic rings. The number of anilines is 1. The molecule has 1 aliphatic heterocycles. The van der Waals surface area contributed by atoms with Crippen molar-refractivity contribution in [1.29, 1.82) is 0 Å². The number of alkyl halides is 3. The molecular weight excluding hydrogens is 485 g/mol. The average Bonchev–Trinajstić information content (AvgIpc) is 3.31. The second-order valence-electron chi connectivity index (χ2n) is 8.64. The van der Waals surface area contributed by atoms with Gasteiger partial charge in [0.15, 0.2) is 5.82 Å². The van der Waals surface area contributed by atoms with Crippen molar-refractivity contribution in [1.82, 2.24) is 9.97 Å². The highest BCUT2D eigenvalue weighted by atomic mass is 19.4. The number of rotatable bonds is 4. The lowest BCUT2D eigenvalue weighted by molar-refractivity contribution is -0.274. The summed E-state index contributed by atoms with van der Waals surface area (Å²) in [6.07, 6.45) is -4.37. The van der Waals surface area contributed by atoms with E-state index in [0.717, 1.165) is 23.1 Å². The maximum absolute atomic E-state index is 12.7. The number of para-hydroxylation sites is 1. The number of halogens is 3. The van der Waals surface area contributed by atoms with Crippen molar-refractivity contribution in [2.75, 3.05) is 18.0 Å². The first-order valence-corrected chi connectivity index (χ1v) is 11.4. The zero-order valence-electron chi connectivity index (χ0n) is 19.7. The van der Waals surface area contributed by atoms with E-state index in [4.69, 9.17) is 4.98 Å². The maximum Gasteiger partial charge on any atom is 0.573 e. The van der Waals surface area contributed by atoms with Crippen LogP contribution in [-0.2, 0) is 0 Å². The van der Waals surface area contributed by atoms with Crippen LogP contribution < -0.4 is 9.64 Å². The average molecular weight is 506 g/mol. The fraction of sp³-hybridized carbons (Fsp3) is 0.185. The first-order chi connectivity index (χ1) is 17.7. The molecule has 5 rings (SSSR count). The lowest BCUT2D eigenvalue weighted by atomic mass is 10.1. The van der Waals surface area contributed by atoms with Crippen LogP contribution in [0, 0.1) is 6.92 Å². The summed E-state index contributed by atoms with van der Waals surface area (Å²) in [6.45, 7) is 2.80. The molecule has 0 spiro atoms. The van der Waals surface area contributed by atoms with E-state index in [9.17, 15) is 23.1 Å². The van der Waals surface area contributed by atoms with Crippen LogP contribution in [0.5, 0.6) is 11.5 Å². The number of carbonyl (C=O) groups excluding carboxylic acids is 1. The Bertz CT molecular complexity index is 1540. The number of aromatic hydroxyl groups is 1. The van der Waals surface area contributed by atoms with Gasteiger partial charge >= 0.3 is 6.36 Å². The molecule has 1 fully saturated rings. The molecule has 1 aromatic heterocycles. The van der Waals surface area contributed by atoms with Gasteiger partial charge in [-0.05, 0) is 55.0 Å². The lowest BCUT2D eigenvalue weighted by Crippen LogP contribution is -2.22. The predicted molar refractivity (Wildman–Crippen MR) is 133 cm³/mol. The van der Waals surface area contributed by atoms with Gasteiger partial charge in [0.05, 0.1) is 17.6 Å². The third-order valence-electron chi connectivity index (χ3n) is 5.89. The summed E-state index contributed by atoms with van der Waals surface area (Å²) in [5, 5.41) is 11.2. The molecule has 7 nitrogen and oxygen atoms in total. The number of fused-ring (bicyclic) bond motifs is 1. The van der Waals surface area contributed by atoms with E-state index in [2.05, 4.69) is 14.7 Å². The molecule has 1 N–H and O–H groups in total.